The van der Waals surface area contributed by atoms with Crippen LogP contribution in [0.3, 0.4) is 0 Å². The zero-order valence-electron chi connectivity index (χ0n) is 29.6. The molecule has 11 nitrogen and oxygen atoms in total. The molecule has 0 radical (unpaired) electrons. The summed E-state index contributed by atoms with van der Waals surface area (Å²) in [6, 6.07) is 4.60. The first kappa shape index (κ1) is 37.0. The van der Waals surface area contributed by atoms with Crippen LogP contribution in [0.4, 0.5) is 0 Å². The summed E-state index contributed by atoms with van der Waals surface area (Å²) >= 11 is 1.50. The van der Waals surface area contributed by atoms with Gasteiger partial charge in [0.15, 0.2) is 0 Å². The van der Waals surface area contributed by atoms with Crippen molar-refractivity contribution in [2.45, 2.75) is 95.4 Å². The summed E-state index contributed by atoms with van der Waals surface area (Å²) in [4.78, 5) is 51.7. The van der Waals surface area contributed by atoms with Gasteiger partial charge in [0.25, 0.3) is 5.91 Å². The van der Waals surface area contributed by atoms with Crippen molar-refractivity contribution in [1.29, 1.82) is 0 Å². The fraction of sp³-hybridized carbons (Fsp3) is 0.500. The van der Waals surface area contributed by atoms with E-state index in [1.54, 1.807) is 13.2 Å². The minimum atomic E-state index is -1.28. The average Bonchev–Trinajstić information content (AvgIpc) is 3.40. The lowest BCUT2D eigenvalue weighted by atomic mass is 10.1. The number of nitrogens with zero attached hydrogens (tertiary/aromatic N) is 3. The van der Waals surface area contributed by atoms with Crippen molar-refractivity contribution in [3.63, 3.8) is 0 Å². The molecule has 2 aliphatic rings. The molecular weight excluding hydrogens is 657 g/mol. The van der Waals surface area contributed by atoms with Gasteiger partial charge < -0.3 is 29.5 Å². The highest BCUT2D eigenvalue weighted by Gasteiger charge is 2.62. The van der Waals surface area contributed by atoms with E-state index < -0.39 is 41.6 Å². The summed E-state index contributed by atoms with van der Waals surface area (Å²) in [6.07, 6.45) is 5.61. The summed E-state index contributed by atoms with van der Waals surface area (Å²) in [5.74, 6) is -0.458. The molecule has 0 spiro atoms. The Hall–Kier alpha value is -4.29. The van der Waals surface area contributed by atoms with Crippen LogP contribution in [-0.4, -0.2) is 82.3 Å². The van der Waals surface area contributed by atoms with Gasteiger partial charge in [-0.05, 0) is 50.7 Å². The molecule has 1 aliphatic heterocycles. The standard InChI is InChI=1S/C38H48N4O7S/c1-8-10-11-12-13-14-30(43)36(45)42-20-25(17-29(42)34(44)41-38(37(46)48-7)19-24(38)9-2)49-32-18-27(35-40-28(21-50-35)22(3)4)39-33-23(5)31(47-6)16-15-26(32)33/h8-9,15-16,18,21-22,24-25,29-30,43H,1-2,10-14,17,19-20H2,3-7H3,(H,41,44). The topological polar surface area (TPSA) is 140 Å². The third-order valence-electron chi connectivity index (χ3n) is 9.71. The van der Waals surface area contributed by atoms with Gasteiger partial charge in [0.2, 0.25) is 5.91 Å². The Morgan fingerprint density at radius 3 is 2.58 bits per heavy atom. The number of ether oxygens (including phenoxy) is 3. The maximum atomic E-state index is 14.0. The van der Waals surface area contributed by atoms with Gasteiger partial charge in [-0.15, -0.1) is 24.5 Å². The number of carbonyl (C=O) groups excluding carboxylic acids is 3. The van der Waals surface area contributed by atoms with Gasteiger partial charge in [-0.2, -0.15) is 0 Å². The summed E-state index contributed by atoms with van der Waals surface area (Å²) in [6.45, 7) is 13.7. The molecular formula is C38H48N4O7S. The SMILES string of the molecule is C=CCCCCCC(O)C(=O)N1CC(Oc2cc(-c3nc(C(C)C)cs3)nc3c(C)c(OC)ccc23)CC1C(=O)NC1(C(=O)OC)CC1C=C. The molecule has 5 rings (SSSR count). The van der Waals surface area contributed by atoms with Crippen LogP contribution in [0.15, 0.2) is 48.9 Å². The van der Waals surface area contributed by atoms with E-state index in [4.69, 9.17) is 24.2 Å². The lowest BCUT2D eigenvalue weighted by molar-refractivity contribution is -0.149. The number of amides is 2. The third-order valence-corrected chi connectivity index (χ3v) is 10.6. The third kappa shape index (κ3) is 7.56. The lowest BCUT2D eigenvalue weighted by Crippen LogP contribution is -2.54. The van der Waals surface area contributed by atoms with Crippen molar-refractivity contribution < 1.29 is 33.7 Å². The lowest BCUT2D eigenvalue weighted by Gasteiger charge is -2.27. The van der Waals surface area contributed by atoms with Crippen molar-refractivity contribution >= 4 is 40.0 Å². The minimum Gasteiger partial charge on any atom is -0.496 e. The first-order chi connectivity index (χ1) is 24.0. The van der Waals surface area contributed by atoms with Crippen molar-refractivity contribution in [3.8, 4) is 22.2 Å². The molecule has 1 aliphatic carbocycles. The van der Waals surface area contributed by atoms with Crippen LogP contribution in [0.2, 0.25) is 0 Å². The number of aromatic nitrogens is 2. The summed E-state index contributed by atoms with van der Waals surface area (Å²) in [7, 11) is 2.88. The molecule has 12 heteroatoms. The maximum Gasteiger partial charge on any atom is 0.332 e. The number of aliphatic hydroxyl groups is 1. The van der Waals surface area contributed by atoms with Gasteiger partial charge >= 0.3 is 5.97 Å². The Morgan fingerprint density at radius 1 is 1.16 bits per heavy atom. The number of nitrogens with one attached hydrogen (secondary N) is 1. The Bertz CT molecular complexity index is 1760. The molecule has 1 saturated heterocycles. The Labute approximate surface area is 297 Å². The number of esters is 1. The highest BCUT2D eigenvalue weighted by Crippen LogP contribution is 2.46. The number of hydrogen-bond donors (Lipinski definition) is 2. The van der Waals surface area contributed by atoms with Crippen LogP contribution in [-0.2, 0) is 19.1 Å². The molecule has 1 saturated carbocycles. The molecule has 1 aromatic carbocycles. The second kappa shape index (κ2) is 15.7. The van der Waals surface area contributed by atoms with Gasteiger partial charge in [-0.3, -0.25) is 9.59 Å². The molecule has 3 aromatic rings. The molecule has 2 fully saturated rings. The molecule has 5 unspecified atom stereocenters. The van der Waals surface area contributed by atoms with Crippen LogP contribution in [0.1, 0.15) is 76.0 Å². The van der Waals surface area contributed by atoms with Crippen LogP contribution >= 0.6 is 11.3 Å². The maximum absolute atomic E-state index is 14.0. The number of benzene rings is 1. The van der Waals surface area contributed by atoms with E-state index in [-0.39, 0.29) is 31.2 Å². The number of fused-ring (bicyclic) bond motifs is 1. The van der Waals surface area contributed by atoms with Crippen LogP contribution in [0.25, 0.3) is 21.6 Å². The van der Waals surface area contributed by atoms with Gasteiger partial charge in [0.05, 0.1) is 32.0 Å². The van der Waals surface area contributed by atoms with E-state index in [1.165, 1.54) is 23.3 Å². The molecule has 50 heavy (non-hydrogen) atoms. The first-order valence-electron chi connectivity index (χ1n) is 17.2. The Morgan fingerprint density at radius 2 is 1.94 bits per heavy atom. The smallest absolute Gasteiger partial charge is 0.332 e. The van der Waals surface area contributed by atoms with E-state index in [9.17, 15) is 19.5 Å². The normalized spacial score (nSPS) is 21.9. The number of methoxy groups -OCH3 is 2. The summed E-state index contributed by atoms with van der Waals surface area (Å²) < 4.78 is 17.3. The predicted molar refractivity (Wildman–Crippen MR) is 193 cm³/mol. The fourth-order valence-corrected chi connectivity index (χ4v) is 7.58. The highest BCUT2D eigenvalue weighted by atomic mass is 32.1. The minimum absolute atomic E-state index is 0.0591. The van der Waals surface area contributed by atoms with Crippen molar-refractivity contribution in [3.05, 3.63) is 60.1 Å². The number of rotatable bonds is 16. The van der Waals surface area contributed by atoms with E-state index in [1.807, 2.05) is 36.6 Å². The Balaban J connectivity index is 1.46. The molecule has 2 amide bonds. The number of carbonyl (C=O) groups is 3. The predicted octanol–water partition coefficient (Wildman–Crippen LogP) is 5.88. The molecule has 2 N–H and O–H groups in total. The largest absolute Gasteiger partial charge is 0.496 e. The number of likely N-dealkylation sites (tertiary alicyclic amines) is 1. The number of aryl methyl sites for hydroxylation is 1. The highest BCUT2D eigenvalue weighted by molar-refractivity contribution is 7.13. The number of aliphatic hydroxyl groups excluding tert-OH is 1. The number of allylic oxidation sites excluding steroid dienone is 1. The van der Waals surface area contributed by atoms with Crippen LogP contribution < -0.4 is 14.8 Å². The van der Waals surface area contributed by atoms with E-state index in [0.29, 0.717) is 35.6 Å². The second-order valence-corrected chi connectivity index (χ2v) is 14.3. The Kier molecular flexibility index (Phi) is 11.6. The molecule has 0 bridgehead atoms. The second-order valence-electron chi connectivity index (χ2n) is 13.4. The van der Waals surface area contributed by atoms with Gasteiger partial charge in [0.1, 0.15) is 46.0 Å². The van der Waals surface area contributed by atoms with E-state index >= 15 is 0 Å². The first-order valence-corrected chi connectivity index (χ1v) is 18.1. The fourth-order valence-electron chi connectivity index (χ4n) is 6.64. The molecule has 5 atom stereocenters. The number of hydrogen-bond acceptors (Lipinski definition) is 10. The molecule has 2 aromatic heterocycles. The average molecular weight is 705 g/mol. The molecule has 268 valence electrons. The van der Waals surface area contributed by atoms with Gasteiger partial charge in [0, 0.05) is 34.7 Å². The zero-order chi connectivity index (χ0) is 36.2. The number of unbranched alkanes of at least 4 members (excludes halogenated alkanes) is 3. The van der Waals surface area contributed by atoms with Gasteiger partial charge in [-0.1, -0.05) is 38.8 Å². The molecule has 3 heterocycles. The summed E-state index contributed by atoms with van der Waals surface area (Å²) in [5, 5.41) is 17.4. The van der Waals surface area contributed by atoms with E-state index in [0.717, 1.165) is 40.9 Å². The quantitative estimate of drug-likeness (QED) is 0.106. The van der Waals surface area contributed by atoms with Crippen LogP contribution in [0, 0.1) is 12.8 Å². The van der Waals surface area contributed by atoms with Crippen molar-refractivity contribution in [2.24, 2.45) is 5.92 Å². The summed E-state index contributed by atoms with van der Waals surface area (Å²) in [5.41, 5.74) is 1.89. The van der Waals surface area contributed by atoms with E-state index in [2.05, 4.69) is 32.3 Å². The van der Waals surface area contributed by atoms with Crippen LogP contribution in [0.5, 0.6) is 11.5 Å². The van der Waals surface area contributed by atoms with Gasteiger partial charge in [-0.25, -0.2) is 14.8 Å². The number of thiazole rings is 1. The zero-order valence-corrected chi connectivity index (χ0v) is 30.4. The van der Waals surface area contributed by atoms with Crippen molar-refractivity contribution in [2.75, 3.05) is 20.8 Å². The number of pyridine rings is 1. The van der Waals surface area contributed by atoms with Crippen molar-refractivity contribution in [1.82, 2.24) is 20.2 Å². The monoisotopic (exact) mass is 704 g/mol.